The van der Waals surface area contributed by atoms with Crippen molar-refractivity contribution < 1.29 is 14.3 Å². The summed E-state index contributed by atoms with van der Waals surface area (Å²) in [7, 11) is 0. The smallest absolute Gasteiger partial charge is 0.261 e. The molecule has 0 atom stereocenters. The van der Waals surface area contributed by atoms with Gasteiger partial charge in [-0.2, -0.15) is 0 Å². The predicted octanol–water partition coefficient (Wildman–Crippen LogP) is 3.75. The van der Waals surface area contributed by atoms with E-state index in [0.717, 1.165) is 22.2 Å². The number of hydrogen-bond acceptors (Lipinski definition) is 3. The number of imide groups is 1. The molecule has 0 fully saturated rings. The number of ether oxygens (including phenoxy) is 1. The van der Waals surface area contributed by atoms with Crippen LogP contribution in [0.1, 0.15) is 33.6 Å². The van der Waals surface area contributed by atoms with Gasteiger partial charge in [-0.3, -0.25) is 14.5 Å². The zero-order valence-electron chi connectivity index (χ0n) is 12.5. The quantitative estimate of drug-likeness (QED) is 0.406. The number of halogens is 1. The van der Waals surface area contributed by atoms with Crippen molar-refractivity contribution in [2.45, 2.75) is 12.8 Å². The minimum Gasteiger partial charge on any atom is -0.494 e. The highest BCUT2D eigenvalue weighted by molar-refractivity contribution is 14.1. The lowest BCUT2D eigenvalue weighted by Crippen LogP contribution is -2.30. The van der Waals surface area contributed by atoms with Crippen LogP contribution < -0.4 is 4.74 Å². The zero-order chi connectivity index (χ0) is 16.2. The molecule has 0 unspecified atom stereocenters. The van der Waals surface area contributed by atoms with Gasteiger partial charge < -0.3 is 4.74 Å². The summed E-state index contributed by atoms with van der Waals surface area (Å²) in [5.74, 6) is 0.464. The number of carbonyl (C=O) groups excluding carboxylic acids is 2. The van der Waals surface area contributed by atoms with Crippen LogP contribution in [0.5, 0.6) is 5.75 Å². The average molecular weight is 421 g/mol. The second-order valence-electron chi connectivity index (χ2n) is 5.32. The molecule has 0 aromatic heterocycles. The normalized spacial score (nSPS) is 13.3. The molecule has 0 saturated heterocycles. The molecular weight excluding hydrogens is 405 g/mol. The van der Waals surface area contributed by atoms with Gasteiger partial charge in [0, 0.05) is 10.1 Å². The van der Waals surface area contributed by atoms with E-state index >= 15 is 0 Å². The summed E-state index contributed by atoms with van der Waals surface area (Å²) < 4.78 is 6.80. The minimum absolute atomic E-state index is 0.191. The number of unbranched alkanes of at least 4 members (excludes halogenated alkanes) is 1. The van der Waals surface area contributed by atoms with Crippen molar-refractivity contribution in [2.75, 3.05) is 13.2 Å². The molecule has 0 bridgehead atoms. The van der Waals surface area contributed by atoms with Crippen LogP contribution in [0.25, 0.3) is 0 Å². The van der Waals surface area contributed by atoms with Crippen LogP contribution in [0.2, 0.25) is 0 Å². The summed E-state index contributed by atoms with van der Waals surface area (Å²) >= 11 is 2.24. The molecule has 2 aromatic carbocycles. The Hall–Kier alpha value is -1.89. The molecule has 3 rings (SSSR count). The van der Waals surface area contributed by atoms with E-state index in [1.165, 1.54) is 4.90 Å². The van der Waals surface area contributed by atoms with Crippen LogP contribution in [0.15, 0.2) is 48.5 Å². The molecule has 118 valence electrons. The molecule has 1 heterocycles. The fourth-order valence-corrected chi connectivity index (χ4v) is 3.08. The van der Waals surface area contributed by atoms with E-state index < -0.39 is 0 Å². The van der Waals surface area contributed by atoms with E-state index in [9.17, 15) is 9.59 Å². The molecule has 2 amide bonds. The van der Waals surface area contributed by atoms with E-state index in [4.69, 9.17) is 4.74 Å². The lowest BCUT2D eigenvalue weighted by molar-refractivity contribution is 0.0649. The number of amides is 2. The molecule has 23 heavy (non-hydrogen) atoms. The molecule has 0 saturated carbocycles. The van der Waals surface area contributed by atoms with Crippen molar-refractivity contribution in [3.63, 3.8) is 0 Å². The van der Waals surface area contributed by atoms with Crippen LogP contribution in [0, 0.1) is 3.57 Å². The summed E-state index contributed by atoms with van der Waals surface area (Å²) in [5, 5.41) is 0. The van der Waals surface area contributed by atoms with Crippen molar-refractivity contribution in [2.24, 2.45) is 0 Å². The monoisotopic (exact) mass is 421 g/mol. The Morgan fingerprint density at radius 2 is 1.61 bits per heavy atom. The van der Waals surface area contributed by atoms with Crippen LogP contribution in [-0.2, 0) is 0 Å². The Balaban J connectivity index is 1.47. The number of hydrogen-bond donors (Lipinski definition) is 0. The second-order valence-corrected chi connectivity index (χ2v) is 6.57. The first-order valence-electron chi connectivity index (χ1n) is 7.50. The molecule has 1 aliphatic rings. The third-order valence-electron chi connectivity index (χ3n) is 3.72. The van der Waals surface area contributed by atoms with Gasteiger partial charge in [0.15, 0.2) is 0 Å². The zero-order valence-corrected chi connectivity index (χ0v) is 14.7. The molecule has 5 heteroatoms. The molecule has 0 aliphatic carbocycles. The van der Waals surface area contributed by atoms with Crippen LogP contribution in [0.3, 0.4) is 0 Å². The first-order chi connectivity index (χ1) is 11.2. The Morgan fingerprint density at radius 3 is 2.26 bits per heavy atom. The van der Waals surface area contributed by atoms with Gasteiger partial charge in [0.1, 0.15) is 5.75 Å². The number of fused-ring (bicyclic) bond motifs is 1. The average Bonchev–Trinajstić information content (AvgIpc) is 2.80. The number of nitrogens with zero attached hydrogens (tertiary/aromatic N) is 1. The first kappa shape index (κ1) is 16.0. The van der Waals surface area contributed by atoms with Gasteiger partial charge >= 0.3 is 0 Å². The lowest BCUT2D eigenvalue weighted by atomic mass is 10.1. The molecule has 4 nitrogen and oxygen atoms in total. The van der Waals surface area contributed by atoms with Crippen molar-refractivity contribution in [1.82, 2.24) is 4.90 Å². The van der Waals surface area contributed by atoms with Gasteiger partial charge in [0.25, 0.3) is 11.8 Å². The largest absolute Gasteiger partial charge is 0.494 e. The third kappa shape index (κ3) is 3.55. The molecule has 0 N–H and O–H groups in total. The molecule has 2 aromatic rings. The Kier molecular flexibility index (Phi) is 4.95. The Bertz CT molecular complexity index is 710. The SMILES string of the molecule is O=C1c2ccccc2C(=O)N1CCCCOc1cccc(I)c1. The Labute approximate surface area is 148 Å². The van der Waals surface area contributed by atoms with Crippen molar-refractivity contribution >= 4 is 34.4 Å². The van der Waals surface area contributed by atoms with Crippen LogP contribution >= 0.6 is 22.6 Å². The van der Waals surface area contributed by atoms with Crippen molar-refractivity contribution in [3.05, 3.63) is 63.2 Å². The second kappa shape index (κ2) is 7.12. The highest BCUT2D eigenvalue weighted by atomic mass is 127. The van der Waals surface area contributed by atoms with Crippen molar-refractivity contribution in [1.29, 1.82) is 0 Å². The van der Waals surface area contributed by atoms with E-state index in [1.54, 1.807) is 24.3 Å². The fraction of sp³-hybridized carbons (Fsp3) is 0.222. The maximum Gasteiger partial charge on any atom is 0.261 e. The molecule has 0 spiro atoms. The summed E-state index contributed by atoms with van der Waals surface area (Å²) in [6.07, 6.45) is 1.52. The fourth-order valence-electron chi connectivity index (χ4n) is 2.56. The lowest BCUT2D eigenvalue weighted by Gasteiger charge is -2.13. The summed E-state index contributed by atoms with van der Waals surface area (Å²) in [6.45, 7) is 1.01. The number of carbonyl (C=O) groups is 2. The number of benzene rings is 2. The molecular formula is C18H16INO3. The molecule has 0 radical (unpaired) electrons. The standard InChI is InChI=1S/C18H16INO3/c19-13-6-5-7-14(12-13)23-11-4-3-10-20-17(21)15-8-1-2-9-16(15)18(20)22/h1-2,5-9,12H,3-4,10-11H2. The van der Waals surface area contributed by atoms with Gasteiger partial charge in [0.2, 0.25) is 0 Å². The van der Waals surface area contributed by atoms with E-state index in [1.807, 2.05) is 24.3 Å². The van der Waals surface area contributed by atoms with Gasteiger partial charge in [0.05, 0.1) is 17.7 Å². The summed E-state index contributed by atoms with van der Waals surface area (Å²) in [6, 6.07) is 14.8. The van der Waals surface area contributed by atoms with E-state index in [-0.39, 0.29) is 11.8 Å². The Morgan fingerprint density at radius 1 is 0.913 bits per heavy atom. The predicted molar refractivity (Wildman–Crippen MR) is 95.7 cm³/mol. The summed E-state index contributed by atoms with van der Waals surface area (Å²) in [4.78, 5) is 25.7. The number of rotatable bonds is 6. The van der Waals surface area contributed by atoms with E-state index in [2.05, 4.69) is 22.6 Å². The molecule has 1 aliphatic heterocycles. The topological polar surface area (TPSA) is 46.6 Å². The van der Waals surface area contributed by atoms with Crippen LogP contribution in [0.4, 0.5) is 0 Å². The highest BCUT2D eigenvalue weighted by Crippen LogP contribution is 2.22. The van der Waals surface area contributed by atoms with Gasteiger partial charge in [-0.1, -0.05) is 18.2 Å². The van der Waals surface area contributed by atoms with E-state index in [0.29, 0.717) is 24.3 Å². The third-order valence-corrected chi connectivity index (χ3v) is 4.39. The maximum absolute atomic E-state index is 12.2. The van der Waals surface area contributed by atoms with Gasteiger partial charge in [-0.15, -0.1) is 0 Å². The maximum atomic E-state index is 12.2. The van der Waals surface area contributed by atoms with Gasteiger partial charge in [-0.05, 0) is 65.8 Å². The highest BCUT2D eigenvalue weighted by Gasteiger charge is 2.34. The minimum atomic E-state index is -0.191. The first-order valence-corrected chi connectivity index (χ1v) is 8.58. The van der Waals surface area contributed by atoms with Gasteiger partial charge in [-0.25, -0.2) is 0 Å². The van der Waals surface area contributed by atoms with Crippen molar-refractivity contribution in [3.8, 4) is 5.75 Å². The van der Waals surface area contributed by atoms with Crippen LogP contribution in [-0.4, -0.2) is 29.9 Å². The summed E-state index contributed by atoms with van der Waals surface area (Å²) in [5.41, 5.74) is 1.01.